The fourth-order valence-corrected chi connectivity index (χ4v) is 6.18. The predicted molar refractivity (Wildman–Crippen MR) is 160 cm³/mol. The number of anilines is 1. The van der Waals surface area contributed by atoms with Crippen molar-refractivity contribution in [1.29, 1.82) is 0 Å². The van der Waals surface area contributed by atoms with E-state index in [0.29, 0.717) is 6.04 Å². The van der Waals surface area contributed by atoms with Crippen LogP contribution >= 0.6 is 0 Å². The van der Waals surface area contributed by atoms with Crippen LogP contribution in [-0.2, 0) is 4.74 Å². The van der Waals surface area contributed by atoms with Gasteiger partial charge in [-0.05, 0) is 86.1 Å². The van der Waals surface area contributed by atoms with E-state index in [0.717, 1.165) is 96.5 Å². The smallest absolute Gasteiger partial charge is 0.319 e. The highest BCUT2D eigenvalue weighted by molar-refractivity contribution is 6.05. The van der Waals surface area contributed by atoms with Crippen LogP contribution in [0.1, 0.15) is 57.4 Å². The topological polar surface area (TPSA) is 64.5 Å². The number of benzene rings is 3. The van der Waals surface area contributed by atoms with Crippen molar-refractivity contribution in [3.8, 4) is 28.1 Å². The molecule has 0 bridgehead atoms. The standard InChI is InChI=1S/C34H36FN3O3/c35-24-11-7-22(8-12-24)32-30-16-15-29(41-28-17-19-40-20-18-28)21-31(30)38(27-5-2-6-27)33(32)23-9-13-26(14-10-23)37-34(39)36-25-3-1-4-25/h7-16,21,25,27-28H,1-6,17-20H2,(H2,36,37,39). The Balaban J connectivity index is 1.30. The van der Waals surface area contributed by atoms with Crippen molar-refractivity contribution in [3.05, 3.63) is 72.5 Å². The molecule has 4 aromatic rings. The van der Waals surface area contributed by atoms with Gasteiger partial charge in [0.1, 0.15) is 17.7 Å². The summed E-state index contributed by atoms with van der Waals surface area (Å²) in [6.07, 6.45) is 8.65. The number of fused-ring (bicyclic) bond motifs is 1. The van der Waals surface area contributed by atoms with Gasteiger partial charge in [0.05, 0.1) is 24.4 Å². The van der Waals surface area contributed by atoms with Crippen molar-refractivity contribution in [2.45, 2.75) is 69.6 Å². The monoisotopic (exact) mass is 553 g/mol. The lowest BCUT2D eigenvalue weighted by atomic mass is 9.91. The average molecular weight is 554 g/mol. The zero-order chi connectivity index (χ0) is 27.8. The third-order valence-electron chi connectivity index (χ3n) is 8.88. The van der Waals surface area contributed by atoms with Gasteiger partial charge < -0.3 is 24.7 Å². The van der Waals surface area contributed by atoms with Gasteiger partial charge in [0.25, 0.3) is 0 Å². The van der Waals surface area contributed by atoms with Crippen molar-refractivity contribution in [1.82, 2.24) is 9.88 Å². The van der Waals surface area contributed by atoms with E-state index in [1.807, 2.05) is 24.3 Å². The third-order valence-corrected chi connectivity index (χ3v) is 8.88. The first-order chi connectivity index (χ1) is 20.1. The van der Waals surface area contributed by atoms with Crippen LogP contribution in [0.15, 0.2) is 66.7 Å². The number of aromatic nitrogens is 1. The van der Waals surface area contributed by atoms with Crippen molar-refractivity contribution >= 4 is 22.6 Å². The van der Waals surface area contributed by atoms with Gasteiger partial charge in [0.2, 0.25) is 0 Å². The second kappa shape index (κ2) is 11.2. The number of halogens is 1. The Morgan fingerprint density at radius 1 is 0.854 bits per heavy atom. The van der Waals surface area contributed by atoms with E-state index < -0.39 is 0 Å². The Bertz CT molecular complexity index is 1530. The number of carbonyl (C=O) groups excluding carboxylic acids is 1. The number of urea groups is 1. The van der Waals surface area contributed by atoms with Crippen LogP contribution in [0.25, 0.3) is 33.3 Å². The van der Waals surface area contributed by atoms with Crippen LogP contribution in [0, 0.1) is 5.82 Å². The molecule has 3 fully saturated rings. The summed E-state index contributed by atoms with van der Waals surface area (Å²) >= 11 is 0. The van der Waals surface area contributed by atoms with Crippen LogP contribution in [0.2, 0.25) is 0 Å². The molecular formula is C34H36FN3O3. The lowest BCUT2D eigenvalue weighted by Crippen LogP contribution is -2.41. The molecule has 0 spiro atoms. The second-order valence-corrected chi connectivity index (χ2v) is 11.6. The molecule has 2 amide bonds. The number of hydrogen-bond donors (Lipinski definition) is 2. The maximum atomic E-state index is 14.0. The van der Waals surface area contributed by atoms with E-state index in [4.69, 9.17) is 9.47 Å². The lowest BCUT2D eigenvalue weighted by Gasteiger charge is -2.30. The summed E-state index contributed by atoms with van der Waals surface area (Å²) in [5.41, 5.74) is 6.13. The SMILES string of the molecule is O=C(Nc1ccc(-c2c(-c3ccc(F)cc3)c3ccc(OC4CCOCC4)cc3n2C2CCC2)cc1)NC1CCC1. The molecule has 1 saturated heterocycles. The number of nitrogens with one attached hydrogen (secondary N) is 2. The molecule has 3 aliphatic rings. The molecule has 0 radical (unpaired) electrons. The van der Waals surface area contributed by atoms with Crippen LogP contribution in [0.4, 0.5) is 14.9 Å². The maximum absolute atomic E-state index is 14.0. The molecular weight excluding hydrogens is 517 g/mol. The van der Waals surface area contributed by atoms with Gasteiger partial charge in [-0.2, -0.15) is 0 Å². The van der Waals surface area contributed by atoms with Gasteiger partial charge in [-0.15, -0.1) is 0 Å². The van der Waals surface area contributed by atoms with E-state index in [-0.39, 0.29) is 24.0 Å². The average Bonchev–Trinajstić information content (AvgIpc) is 3.25. The molecule has 7 rings (SSSR count). The normalized spacial score (nSPS) is 18.1. The molecule has 1 aromatic heterocycles. The number of ether oxygens (including phenoxy) is 2. The Kier molecular flexibility index (Phi) is 7.13. The molecule has 2 N–H and O–H groups in total. The highest BCUT2D eigenvalue weighted by atomic mass is 19.1. The van der Waals surface area contributed by atoms with E-state index in [1.54, 1.807) is 0 Å². The summed E-state index contributed by atoms with van der Waals surface area (Å²) in [7, 11) is 0. The fourth-order valence-electron chi connectivity index (χ4n) is 6.18. The highest BCUT2D eigenvalue weighted by Gasteiger charge is 2.29. The number of rotatable bonds is 7. The largest absolute Gasteiger partial charge is 0.490 e. The molecule has 2 heterocycles. The molecule has 1 aliphatic heterocycles. The Labute approximate surface area is 239 Å². The number of hydrogen-bond acceptors (Lipinski definition) is 3. The first-order valence-electron chi connectivity index (χ1n) is 15.0. The molecule has 41 heavy (non-hydrogen) atoms. The first-order valence-corrected chi connectivity index (χ1v) is 15.0. The zero-order valence-electron chi connectivity index (χ0n) is 23.2. The summed E-state index contributed by atoms with van der Waals surface area (Å²) < 4.78 is 28.4. The minimum Gasteiger partial charge on any atom is -0.490 e. The summed E-state index contributed by atoms with van der Waals surface area (Å²) in [5.74, 6) is 0.623. The lowest BCUT2D eigenvalue weighted by molar-refractivity contribution is 0.0256. The van der Waals surface area contributed by atoms with Crippen LogP contribution in [-0.4, -0.2) is 36.0 Å². The summed E-state index contributed by atoms with van der Waals surface area (Å²) in [5, 5.41) is 7.14. The van der Waals surface area contributed by atoms with Crippen molar-refractivity contribution in [2.24, 2.45) is 0 Å². The van der Waals surface area contributed by atoms with E-state index in [2.05, 4.69) is 45.5 Å². The van der Waals surface area contributed by atoms with Crippen LogP contribution in [0.3, 0.4) is 0 Å². The Morgan fingerprint density at radius 2 is 1.56 bits per heavy atom. The summed E-state index contributed by atoms with van der Waals surface area (Å²) in [6, 6.07) is 21.8. The predicted octanol–water partition coefficient (Wildman–Crippen LogP) is 8.07. The van der Waals surface area contributed by atoms with E-state index in [1.165, 1.54) is 25.0 Å². The quantitative estimate of drug-likeness (QED) is 0.243. The van der Waals surface area contributed by atoms with Gasteiger partial charge in [-0.3, -0.25) is 0 Å². The molecule has 6 nitrogen and oxygen atoms in total. The molecule has 0 unspecified atom stereocenters. The maximum Gasteiger partial charge on any atom is 0.319 e. The Hall–Kier alpha value is -3.84. The molecule has 2 saturated carbocycles. The molecule has 7 heteroatoms. The molecule has 0 atom stereocenters. The third kappa shape index (κ3) is 5.31. The molecule has 3 aromatic carbocycles. The van der Waals surface area contributed by atoms with Crippen molar-refractivity contribution in [3.63, 3.8) is 0 Å². The first kappa shape index (κ1) is 26.1. The van der Waals surface area contributed by atoms with Gasteiger partial charge >= 0.3 is 6.03 Å². The number of amides is 2. The van der Waals surface area contributed by atoms with Crippen molar-refractivity contribution in [2.75, 3.05) is 18.5 Å². The van der Waals surface area contributed by atoms with E-state index >= 15 is 0 Å². The van der Waals surface area contributed by atoms with Crippen LogP contribution in [0.5, 0.6) is 5.75 Å². The minimum atomic E-state index is -0.249. The zero-order valence-corrected chi connectivity index (χ0v) is 23.2. The van der Waals surface area contributed by atoms with Crippen LogP contribution < -0.4 is 15.4 Å². The van der Waals surface area contributed by atoms with Gasteiger partial charge in [-0.1, -0.05) is 24.3 Å². The molecule has 212 valence electrons. The Morgan fingerprint density at radius 3 is 2.22 bits per heavy atom. The van der Waals surface area contributed by atoms with Crippen molar-refractivity contribution < 1.29 is 18.7 Å². The minimum absolute atomic E-state index is 0.157. The highest BCUT2D eigenvalue weighted by Crippen LogP contribution is 2.47. The number of carbonyl (C=O) groups is 1. The van der Waals surface area contributed by atoms with Gasteiger partial charge in [-0.25, -0.2) is 9.18 Å². The summed E-state index contributed by atoms with van der Waals surface area (Å²) in [4.78, 5) is 12.4. The van der Waals surface area contributed by atoms with Gasteiger partial charge in [0.15, 0.2) is 0 Å². The number of nitrogens with zero attached hydrogens (tertiary/aromatic N) is 1. The fraction of sp³-hybridized carbons (Fsp3) is 0.382. The van der Waals surface area contributed by atoms with E-state index in [9.17, 15) is 9.18 Å². The van der Waals surface area contributed by atoms with Gasteiger partial charge in [0, 0.05) is 47.6 Å². The molecule has 2 aliphatic carbocycles. The summed E-state index contributed by atoms with van der Waals surface area (Å²) in [6.45, 7) is 1.47. The second-order valence-electron chi connectivity index (χ2n) is 11.6.